The molecule has 0 amide bonds. The van der Waals surface area contributed by atoms with Gasteiger partial charge in [0, 0.05) is 18.8 Å². The van der Waals surface area contributed by atoms with E-state index in [0.29, 0.717) is 11.1 Å². The zero-order valence-electron chi connectivity index (χ0n) is 9.92. The third-order valence-corrected chi connectivity index (χ3v) is 4.03. The average Bonchev–Trinajstić information content (AvgIpc) is 2.75. The van der Waals surface area contributed by atoms with Crippen LogP contribution in [-0.2, 0) is 0 Å². The van der Waals surface area contributed by atoms with Crippen LogP contribution in [0.1, 0.15) is 19.8 Å². The number of hydrogen-bond donors (Lipinski definition) is 1. The van der Waals surface area contributed by atoms with Crippen molar-refractivity contribution in [2.75, 3.05) is 25.0 Å². The van der Waals surface area contributed by atoms with Crippen LogP contribution in [0, 0.1) is 0 Å². The van der Waals surface area contributed by atoms with E-state index in [1.54, 1.807) is 6.20 Å². The maximum Gasteiger partial charge on any atom is 0.140 e. The van der Waals surface area contributed by atoms with Crippen LogP contribution < -0.4 is 5.32 Å². The summed E-state index contributed by atoms with van der Waals surface area (Å²) < 4.78 is 0.922. The summed E-state index contributed by atoms with van der Waals surface area (Å²) in [5.41, 5.74) is 0. The van der Waals surface area contributed by atoms with E-state index in [4.69, 9.17) is 11.6 Å². The molecule has 3 nitrogen and oxygen atoms in total. The predicted octanol–water partition coefficient (Wildman–Crippen LogP) is 3.39. The number of likely N-dealkylation sites (tertiary alicyclic amines) is 1. The summed E-state index contributed by atoms with van der Waals surface area (Å²) >= 11 is 9.33. The van der Waals surface area contributed by atoms with Gasteiger partial charge in [-0.05, 0) is 47.9 Å². The Morgan fingerprint density at radius 2 is 2.47 bits per heavy atom. The van der Waals surface area contributed by atoms with Crippen molar-refractivity contribution >= 4 is 33.3 Å². The lowest BCUT2D eigenvalue weighted by atomic mass is 10.2. The van der Waals surface area contributed by atoms with Gasteiger partial charge >= 0.3 is 0 Å². The molecule has 0 saturated carbocycles. The molecule has 1 fully saturated rings. The first kappa shape index (κ1) is 13.1. The molecule has 17 heavy (non-hydrogen) atoms. The van der Waals surface area contributed by atoms with Crippen molar-refractivity contribution < 1.29 is 0 Å². The number of rotatable bonds is 4. The molecule has 0 bridgehead atoms. The Bertz CT molecular complexity index is 386. The fourth-order valence-electron chi connectivity index (χ4n) is 2.30. The highest BCUT2D eigenvalue weighted by Gasteiger charge is 2.22. The van der Waals surface area contributed by atoms with Gasteiger partial charge in [-0.25, -0.2) is 4.98 Å². The Kier molecular flexibility index (Phi) is 4.65. The van der Waals surface area contributed by atoms with Crippen LogP contribution >= 0.6 is 27.5 Å². The molecule has 94 valence electrons. The van der Waals surface area contributed by atoms with Crippen molar-refractivity contribution in [3.05, 3.63) is 21.8 Å². The zero-order chi connectivity index (χ0) is 12.3. The largest absolute Gasteiger partial charge is 0.368 e. The van der Waals surface area contributed by atoms with Gasteiger partial charge in [0.15, 0.2) is 0 Å². The van der Waals surface area contributed by atoms with Crippen molar-refractivity contribution in [1.82, 2.24) is 9.88 Å². The minimum Gasteiger partial charge on any atom is -0.368 e. The maximum atomic E-state index is 5.86. The minimum absolute atomic E-state index is 0.629. The number of aromatic nitrogens is 1. The van der Waals surface area contributed by atoms with E-state index >= 15 is 0 Å². The Morgan fingerprint density at radius 3 is 3.18 bits per heavy atom. The summed E-state index contributed by atoms with van der Waals surface area (Å²) in [5.74, 6) is 0.873. The topological polar surface area (TPSA) is 28.2 Å². The molecular formula is C12H17BrClN3. The Hall–Kier alpha value is -0.320. The molecule has 2 heterocycles. The fraction of sp³-hybridized carbons (Fsp3) is 0.583. The van der Waals surface area contributed by atoms with E-state index in [1.807, 2.05) is 6.07 Å². The summed E-state index contributed by atoms with van der Waals surface area (Å²) in [6.45, 7) is 5.51. The number of halogens is 2. The number of nitrogens with one attached hydrogen (secondary N) is 1. The highest BCUT2D eigenvalue weighted by Crippen LogP contribution is 2.24. The first-order chi connectivity index (χ1) is 8.20. The van der Waals surface area contributed by atoms with E-state index in [0.717, 1.165) is 23.4 Å². The molecule has 0 spiro atoms. The third-order valence-electron chi connectivity index (χ3n) is 3.22. The molecule has 1 aromatic rings. The molecule has 1 aliphatic rings. The van der Waals surface area contributed by atoms with Crippen molar-refractivity contribution in [2.45, 2.75) is 25.8 Å². The SMILES string of the molecule is CCN1CCCC1CNc1ncc(Cl)cc1Br. The minimum atomic E-state index is 0.629. The number of pyridine rings is 1. The van der Waals surface area contributed by atoms with Crippen LogP contribution in [0.3, 0.4) is 0 Å². The van der Waals surface area contributed by atoms with Crippen LogP contribution in [0.2, 0.25) is 5.02 Å². The molecule has 1 aromatic heterocycles. The monoisotopic (exact) mass is 317 g/mol. The standard InChI is InChI=1S/C12H17BrClN3/c1-2-17-5-3-4-10(17)8-16-12-11(13)6-9(14)7-15-12/h6-7,10H,2-5,8H2,1H3,(H,15,16). The summed E-state index contributed by atoms with van der Waals surface area (Å²) in [6.07, 6.45) is 4.24. The van der Waals surface area contributed by atoms with Crippen molar-refractivity contribution in [3.63, 3.8) is 0 Å². The Morgan fingerprint density at radius 1 is 1.65 bits per heavy atom. The van der Waals surface area contributed by atoms with Gasteiger partial charge in [0.2, 0.25) is 0 Å². The van der Waals surface area contributed by atoms with Crippen molar-refractivity contribution in [2.24, 2.45) is 0 Å². The number of nitrogens with zero attached hydrogens (tertiary/aromatic N) is 2. The molecule has 1 unspecified atom stereocenters. The fourth-order valence-corrected chi connectivity index (χ4v) is 3.08. The van der Waals surface area contributed by atoms with Crippen molar-refractivity contribution in [1.29, 1.82) is 0 Å². The van der Waals surface area contributed by atoms with Gasteiger partial charge in [0.25, 0.3) is 0 Å². The molecule has 1 atom stereocenters. The number of likely N-dealkylation sites (N-methyl/N-ethyl adjacent to an activating group) is 1. The summed E-state index contributed by atoms with van der Waals surface area (Å²) in [6, 6.07) is 2.49. The highest BCUT2D eigenvalue weighted by molar-refractivity contribution is 9.10. The first-order valence-corrected chi connectivity index (χ1v) is 7.16. The predicted molar refractivity (Wildman–Crippen MR) is 75.7 cm³/mol. The third kappa shape index (κ3) is 3.33. The lowest BCUT2D eigenvalue weighted by Gasteiger charge is -2.23. The second-order valence-corrected chi connectivity index (χ2v) is 5.58. The lowest BCUT2D eigenvalue weighted by molar-refractivity contribution is 0.277. The Labute approximate surface area is 116 Å². The molecule has 0 aliphatic carbocycles. The molecule has 0 radical (unpaired) electrons. The van der Waals surface area contributed by atoms with Gasteiger partial charge in [-0.2, -0.15) is 0 Å². The van der Waals surface area contributed by atoms with Crippen molar-refractivity contribution in [3.8, 4) is 0 Å². The molecule has 1 saturated heterocycles. The van der Waals surface area contributed by atoms with Gasteiger partial charge in [-0.3, -0.25) is 4.90 Å². The first-order valence-electron chi connectivity index (χ1n) is 5.99. The molecular weight excluding hydrogens is 302 g/mol. The normalized spacial score (nSPS) is 20.8. The molecule has 2 rings (SSSR count). The number of anilines is 1. The van der Waals surface area contributed by atoms with E-state index in [2.05, 4.69) is 38.1 Å². The molecule has 1 aliphatic heterocycles. The van der Waals surface area contributed by atoms with Crippen LogP contribution in [-0.4, -0.2) is 35.6 Å². The van der Waals surface area contributed by atoms with Gasteiger partial charge in [0.1, 0.15) is 5.82 Å². The summed E-state index contributed by atoms with van der Waals surface area (Å²) in [5, 5.41) is 4.04. The second kappa shape index (κ2) is 6.03. The van der Waals surface area contributed by atoms with Crippen LogP contribution in [0.4, 0.5) is 5.82 Å². The quantitative estimate of drug-likeness (QED) is 0.922. The molecule has 1 N–H and O–H groups in total. The van der Waals surface area contributed by atoms with Crippen LogP contribution in [0.25, 0.3) is 0 Å². The van der Waals surface area contributed by atoms with E-state index in [-0.39, 0.29) is 0 Å². The maximum absolute atomic E-state index is 5.86. The van der Waals surface area contributed by atoms with Gasteiger partial charge in [-0.1, -0.05) is 18.5 Å². The van der Waals surface area contributed by atoms with E-state index in [9.17, 15) is 0 Å². The summed E-state index contributed by atoms with van der Waals surface area (Å²) in [4.78, 5) is 6.79. The zero-order valence-corrected chi connectivity index (χ0v) is 12.3. The smallest absolute Gasteiger partial charge is 0.140 e. The molecule has 5 heteroatoms. The van der Waals surface area contributed by atoms with E-state index < -0.39 is 0 Å². The van der Waals surface area contributed by atoms with Gasteiger partial charge in [-0.15, -0.1) is 0 Å². The highest BCUT2D eigenvalue weighted by atomic mass is 79.9. The lowest BCUT2D eigenvalue weighted by Crippen LogP contribution is -2.34. The average molecular weight is 319 g/mol. The molecule has 0 aromatic carbocycles. The van der Waals surface area contributed by atoms with E-state index in [1.165, 1.54) is 19.4 Å². The second-order valence-electron chi connectivity index (χ2n) is 4.29. The van der Waals surface area contributed by atoms with Gasteiger partial charge < -0.3 is 5.32 Å². The van der Waals surface area contributed by atoms with Crippen LogP contribution in [0.15, 0.2) is 16.7 Å². The Balaban J connectivity index is 1.93. The summed E-state index contributed by atoms with van der Waals surface area (Å²) in [7, 11) is 0. The van der Waals surface area contributed by atoms with Crippen LogP contribution in [0.5, 0.6) is 0 Å². The number of hydrogen-bond acceptors (Lipinski definition) is 3. The van der Waals surface area contributed by atoms with Gasteiger partial charge in [0.05, 0.1) is 9.50 Å².